The molecule has 3 rings (SSSR count). The molecule has 6 nitrogen and oxygen atoms in total. The highest BCUT2D eigenvalue weighted by atomic mass is 16.3. The zero-order valence-corrected chi connectivity index (χ0v) is 15.6. The summed E-state index contributed by atoms with van der Waals surface area (Å²) in [6.07, 6.45) is 8.11. The van der Waals surface area contributed by atoms with Crippen LogP contribution in [0.15, 0.2) is 0 Å². The van der Waals surface area contributed by atoms with Gasteiger partial charge in [-0.15, -0.1) is 0 Å². The molecule has 0 aromatic carbocycles. The Balaban J connectivity index is 1.55. The molecule has 1 aliphatic heterocycles. The lowest BCUT2D eigenvalue weighted by Crippen LogP contribution is -2.61. The van der Waals surface area contributed by atoms with Crippen molar-refractivity contribution in [2.45, 2.75) is 88.8 Å². The van der Waals surface area contributed by atoms with Crippen molar-refractivity contribution in [1.82, 2.24) is 15.5 Å². The van der Waals surface area contributed by atoms with Crippen LogP contribution in [0.25, 0.3) is 0 Å². The Morgan fingerprint density at radius 3 is 2.52 bits per heavy atom. The number of urea groups is 1. The van der Waals surface area contributed by atoms with Crippen LogP contribution in [0.1, 0.15) is 71.6 Å². The van der Waals surface area contributed by atoms with Crippen molar-refractivity contribution in [3.8, 4) is 0 Å². The largest absolute Gasteiger partial charge is 0.390 e. The summed E-state index contributed by atoms with van der Waals surface area (Å²) in [4.78, 5) is 25.8. The molecule has 3 fully saturated rings. The molecule has 0 spiro atoms. The van der Waals surface area contributed by atoms with Crippen LogP contribution < -0.4 is 10.6 Å². The lowest BCUT2D eigenvalue weighted by Gasteiger charge is -2.51. The van der Waals surface area contributed by atoms with Crippen LogP contribution in [0, 0.1) is 5.92 Å². The molecule has 25 heavy (non-hydrogen) atoms. The first-order chi connectivity index (χ1) is 11.8. The van der Waals surface area contributed by atoms with Crippen LogP contribution in [0.4, 0.5) is 4.79 Å². The van der Waals surface area contributed by atoms with E-state index in [1.807, 2.05) is 4.90 Å². The number of aliphatic hydroxyl groups is 1. The number of nitrogens with one attached hydrogen (secondary N) is 2. The fourth-order valence-electron chi connectivity index (χ4n) is 5.30. The van der Waals surface area contributed by atoms with E-state index in [1.54, 1.807) is 6.92 Å². The second kappa shape index (κ2) is 7.14. The number of piperidine rings is 1. The first kappa shape index (κ1) is 18.5. The van der Waals surface area contributed by atoms with Crippen LogP contribution in [0.5, 0.6) is 0 Å². The van der Waals surface area contributed by atoms with E-state index in [0.29, 0.717) is 25.4 Å². The van der Waals surface area contributed by atoms with Crippen molar-refractivity contribution >= 4 is 11.9 Å². The van der Waals surface area contributed by atoms with Crippen molar-refractivity contribution in [1.29, 1.82) is 0 Å². The van der Waals surface area contributed by atoms with Gasteiger partial charge < -0.3 is 20.6 Å². The maximum absolute atomic E-state index is 12.6. The average molecular weight is 351 g/mol. The maximum atomic E-state index is 12.6. The predicted octanol–water partition coefficient (Wildman–Crippen LogP) is 2.16. The highest BCUT2D eigenvalue weighted by Crippen LogP contribution is 2.48. The summed E-state index contributed by atoms with van der Waals surface area (Å²) in [6, 6.07) is 0.00221. The quantitative estimate of drug-likeness (QED) is 0.729. The Labute approximate surface area is 150 Å². The lowest BCUT2D eigenvalue weighted by atomic mass is 9.61. The number of amides is 3. The first-order valence-electron chi connectivity index (χ1n) is 9.90. The number of carbonyl (C=O) groups is 2. The molecule has 1 heterocycles. The smallest absolute Gasteiger partial charge is 0.315 e. The second-order valence-electron chi connectivity index (χ2n) is 8.58. The Bertz CT molecular complexity index is 518. The van der Waals surface area contributed by atoms with Gasteiger partial charge >= 0.3 is 6.03 Å². The molecule has 3 unspecified atom stereocenters. The molecule has 0 radical (unpaired) electrons. The van der Waals surface area contributed by atoms with E-state index in [4.69, 9.17) is 0 Å². The highest BCUT2D eigenvalue weighted by molar-refractivity contribution is 5.75. The average Bonchev–Trinajstić information content (AvgIpc) is 2.54. The van der Waals surface area contributed by atoms with Gasteiger partial charge in [0.2, 0.25) is 5.91 Å². The Kier molecular flexibility index (Phi) is 5.28. The summed E-state index contributed by atoms with van der Waals surface area (Å²) >= 11 is 0. The normalized spacial score (nSPS) is 36.0. The van der Waals surface area contributed by atoms with Crippen LogP contribution in [0.2, 0.25) is 0 Å². The molecule has 2 saturated carbocycles. The molecular weight excluding hydrogens is 318 g/mol. The fraction of sp³-hybridized carbons (Fsp3) is 0.895. The minimum absolute atomic E-state index is 0.106. The molecule has 3 atom stereocenters. The molecule has 6 heteroatoms. The zero-order valence-electron chi connectivity index (χ0n) is 15.6. The number of likely N-dealkylation sites (tertiary alicyclic amines) is 1. The van der Waals surface area contributed by atoms with Crippen LogP contribution in [-0.4, -0.2) is 52.2 Å². The summed E-state index contributed by atoms with van der Waals surface area (Å²) in [6.45, 7) is 5.12. The molecule has 3 aliphatic rings. The Morgan fingerprint density at radius 2 is 1.92 bits per heavy atom. The summed E-state index contributed by atoms with van der Waals surface area (Å²) < 4.78 is 0. The van der Waals surface area contributed by atoms with Crippen LogP contribution in [0.3, 0.4) is 0 Å². The van der Waals surface area contributed by atoms with Gasteiger partial charge in [0.25, 0.3) is 0 Å². The first-order valence-corrected chi connectivity index (χ1v) is 9.90. The van der Waals surface area contributed by atoms with Crippen molar-refractivity contribution in [2.24, 2.45) is 5.92 Å². The van der Waals surface area contributed by atoms with Gasteiger partial charge in [-0.25, -0.2) is 4.79 Å². The monoisotopic (exact) mass is 351 g/mol. The molecule has 0 aromatic rings. The van der Waals surface area contributed by atoms with Crippen LogP contribution >= 0.6 is 0 Å². The number of carbonyl (C=O) groups excluding carboxylic acids is 2. The SMILES string of the molecule is CCC1(NC(=O)NC2CCN(C(C)=O)CC2)CC2CCCC(O)(C2)C1. The molecule has 1 saturated heterocycles. The molecule has 142 valence electrons. The van der Waals surface area contributed by atoms with Gasteiger partial charge in [-0.05, 0) is 50.9 Å². The van der Waals surface area contributed by atoms with E-state index < -0.39 is 5.60 Å². The van der Waals surface area contributed by atoms with E-state index in [1.165, 1.54) is 0 Å². The molecule has 3 amide bonds. The van der Waals surface area contributed by atoms with E-state index in [0.717, 1.165) is 51.4 Å². The molecule has 2 bridgehead atoms. The molecule has 2 aliphatic carbocycles. The molecular formula is C19H33N3O3. The van der Waals surface area contributed by atoms with Gasteiger partial charge in [-0.3, -0.25) is 4.79 Å². The number of fused-ring (bicyclic) bond motifs is 2. The summed E-state index contributed by atoms with van der Waals surface area (Å²) in [7, 11) is 0. The fourth-order valence-corrected chi connectivity index (χ4v) is 5.30. The van der Waals surface area contributed by atoms with Crippen LogP contribution in [-0.2, 0) is 4.79 Å². The topological polar surface area (TPSA) is 81.7 Å². The zero-order chi connectivity index (χ0) is 18.1. The van der Waals surface area contributed by atoms with E-state index in [2.05, 4.69) is 17.6 Å². The number of rotatable bonds is 3. The summed E-state index contributed by atoms with van der Waals surface area (Å²) in [5.41, 5.74) is -0.889. The predicted molar refractivity (Wildman–Crippen MR) is 96.1 cm³/mol. The molecule has 0 aromatic heterocycles. The maximum Gasteiger partial charge on any atom is 0.315 e. The third-order valence-corrected chi connectivity index (χ3v) is 6.60. The molecule has 3 N–H and O–H groups in total. The van der Waals surface area contributed by atoms with Gasteiger partial charge in [0, 0.05) is 31.6 Å². The van der Waals surface area contributed by atoms with E-state index >= 15 is 0 Å². The third-order valence-electron chi connectivity index (χ3n) is 6.60. The highest BCUT2D eigenvalue weighted by Gasteiger charge is 2.49. The van der Waals surface area contributed by atoms with Crippen molar-refractivity contribution < 1.29 is 14.7 Å². The standard InChI is InChI=1S/C19H33N3O3/c1-3-18(11-15-5-4-8-19(25,12-15)13-18)21-17(24)20-16-6-9-22(10-7-16)14(2)23/h15-16,25H,3-13H2,1-2H3,(H2,20,21,24). The van der Waals surface area contributed by atoms with Gasteiger partial charge in [-0.1, -0.05) is 19.8 Å². The van der Waals surface area contributed by atoms with Gasteiger partial charge in [0.1, 0.15) is 0 Å². The number of hydrogen-bond donors (Lipinski definition) is 3. The minimum atomic E-state index is -0.600. The second-order valence-corrected chi connectivity index (χ2v) is 8.58. The van der Waals surface area contributed by atoms with Crippen molar-refractivity contribution in [3.05, 3.63) is 0 Å². The van der Waals surface area contributed by atoms with Gasteiger partial charge in [0.15, 0.2) is 0 Å². The van der Waals surface area contributed by atoms with Gasteiger partial charge in [-0.2, -0.15) is 0 Å². The van der Waals surface area contributed by atoms with Crippen molar-refractivity contribution in [3.63, 3.8) is 0 Å². The van der Waals surface area contributed by atoms with E-state index in [9.17, 15) is 14.7 Å². The minimum Gasteiger partial charge on any atom is -0.390 e. The Hall–Kier alpha value is -1.30. The summed E-state index contributed by atoms with van der Waals surface area (Å²) in [5.74, 6) is 0.626. The number of nitrogens with zero attached hydrogens (tertiary/aromatic N) is 1. The van der Waals surface area contributed by atoms with Crippen molar-refractivity contribution in [2.75, 3.05) is 13.1 Å². The summed E-state index contributed by atoms with van der Waals surface area (Å²) in [5, 5.41) is 17.2. The Morgan fingerprint density at radius 1 is 1.20 bits per heavy atom. The third kappa shape index (κ3) is 4.27. The van der Waals surface area contributed by atoms with E-state index in [-0.39, 0.29) is 23.5 Å². The number of hydrogen-bond acceptors (Lipinski definition) is 3. The van der Waals surface area contributed by atoms with Gasteiger partial charge in [0.05, 0.1) is 5.60 Å². The lowest BCUT2D eigenvalue weighted by molar-refractivity contribution is -0.129.